The van der Waals surface area contributed by atoms with Gasteiger partial charge in [-0.1, -0.05) is 24.7 Å². The number of amides is 1. The number of carbonyl (C=O) groups is 2. The molecule has 0 saturated carbocycles. The SMILES string of the molecule is CCCCOC(=O)c1ccc2nc(NC(=S)NC(=O)c3ccc(OC)c(OC)c3)sc2c1. The highest BCUT2D eigenvalue weighted by atomic mass is 32.1. The highest BCUT2D eigenvalue weighted by molar-refractivity contribution is 7.80. The fraction of sp³-hybridized carbons (Fsp3) is 0.273. The number of thiocarbonyl (C=S) groups is 1. The Balaban J connectivity index is 1.65. The largest absolute Gasteiger partial charge is 0.493 e. The maximum Gasteiger partial charge on any atom is 0.338 e. The van der Waals surface area contributed by atoms with Gasteiger partial charge in [-0.3, -0.25) is 10.1 Å². The summed E-state index contributed by atoms with van der Waals surface area (Å²) < 4.78 is 16.4. The van der Waals surface area contributed by atoms with Crippen LogP contribution in [-0.2, 0) is 4.74 Å². The van der Waals surface area contributed by atoms with E-state index in [0.29, 0.717) is 39.9 Å². The summed E-state index contributed by atoms with van der Waals surface area (Å²) in [6, 6.07) is 9.98. The normalized spacial score (nSPS) is 10.5. The lowest BCUT2D eigenvalue weighted by Crippen LogP contribution is -2.34. The van der Waals surface area contributed by atoms with E-state index in [0.717, 1.165) is 17.5 Å². The van der Waals surface area contributed by atoms with Crippen molar-refractivity contribution in [3.63, 3.8) is 0 Å². The van der Waals surface area contributed by atoms with Crippen molar-refractivity contribution in [2.45, 2.75) is 19.8 Å². The molecule has 8 nitrogen and oxygen atoms in total. The van der Waals surface area contributed by atoms with Gasteiger partial charge in [0.2, 0.25) is 0 Å². The number of fused-ring (bicyclic) bond motifs is 1. The second-order valence-corrected chi connectivity index (χ2v) is 8.11. The van der Waals surface area contributed by atoms with Crippen molar-refractivity contribution in [1.82, 2.24) is 10.3 Å². The highest BCUT2D eigenvalue weighted by Crippen LogP contribution is 2.28. The van der Waals surface area contributed by atoms with Crippen LogP contribution in [0.3, 0.4) is 0 Å². The summed E-state index contributed by atoms with van der Waals surface area (Å²) in [5.74, 6) is 0.199. The van der Waals surface area contributed by atoms with Crippen LogP contribution in [0.4, 0.5) is 5.13 Å². The first-order chi connectivity index (χ1) is 15.4. The summed E-state index contributed by atoms with van der Waals surface area (Å²) in [6.45, 7) is 2.43. The van der Waals surface area contributed by atoms with Gasteiger partial charge >= 0.3 is 5.97 Å². The molecule has 32 heavy (non-hydrogen) atoms. The van der Waals surface area contributed by atoms with Gasteiger partial charge in [-0.05, 0) is 55.0 Å². The molecule has 10 heteroatoms. The number of ether oxygens (including phenoxy) is 3. The Kier molecular flexibility index (Phi) is 7.96. The van der Waals surface area contributed by atoms with Gasteiger partial charge in [0.1, 0.15) is 0 Å². The summed E-state index contributed by atoms with van der Waals surface area (Å²) in [5.41, 5.74) is 1.53. The van der Waals surface area contributed by atoms with Crippen LogP contribution in [0.25, 0.3) is 10.2 Å². The zero-order valence-corrected chi connectivity index (χ0v) is 19.5. The van der Waals surface area contributed by atoms with Crippen molar-refractivity contribution >= 4 is 55.9 Å². The van der Waals surface area contributed by atoms with E-state index in [1.165, 1.54) is 25.6 Å². The Morgan fingerprint density at radius 1 is 1.06 bits per heavy atom. The Hall–Kier alpha value is -3.24. The van der Waals surface area contributed by atoms with E-state index >= 15 is 0 Å². The third-order valence-corrected chi connectivity index (χ3v) is 5.59. The first-order valence-corrected chi connectivity index (χ1v) is 11.1. The molecule has 1 heterocycles. The lowest BCUT2D eigenvalue weighted by Gasteiger charge is -2.10. The first-order valence-electron chi connectivity index (χ1n) is 9.87. The molecule has 0 bridgehead atoms. The Bertz CT molecular complexity index is 1150. The maximum atomic E-state index is 12.5. The molecule has 0 atom stereocenters. The minimum Gasteiger partial charge on any atom is -0.493 e. The monoisotopic (exact) mass is 473 g/mol. The maximum absolute atomic E-state index is 12.5. The summed E-state index contributed by atoms with van der Waals surface area (Å²) in [5, 5.41) is 6.12. The van der Waals surface area contributed by atoms with Crippen molar-refractivity contribution < 1.29 is 23.8 Å². The standard InChI is InChI=1S/C22H23N3O5S2/c1-4-5-10-30-20(27)14-6-8-15-18(12-14)32-22(23-15)25-21(31)24-19(26)13-7-9-16(28-2)17(11-13)29-3/h6-9,11-12H,4-5,10H2,1-3H3,(H2,23,24,25,26,31). The molecular weight excluding hydrogens is 450 g/mol. The van der Waals surface area contributed by atoms with Gasteiger partial charge in [-0.25, -0.2) is 9.78 Å². The van der Waals surface area contributed by atoms with Crippen molar-refractivity contribution in [3.8, 4) is 11.5 Å². The molecule has 0 saturated heterocycles. The van der Waals surface area contributed by atoms with Crippen LogP contribution in [0.1, 0.15) is 40.5 Å². The molecule has 3 aromatic rings. The summed E-state index contributed by atoms with van der Waals surface area (Å²) in [4.78, 5) is 29.1. The summed E-state index contributed by atoms with van der Waals surface area (Å²) in [7, 11) is 3.02. The molecule has 0 fully saturated rings. The van der Waals surface area contributed by atoms with Gasteiger partial charge in [-0.2, -0.15) is 0 Å². The molecule has 0 aliphatic heterocycles. The van der Waals surface area contributed by atoms with Crippen LogP contribution in [0.2, 0.25) is 0 Å². The molecule has 0 aliphatic carbocycles. The number of hydrogen-bond donors (Lipinski definition) is 2. The Labute approximate surface area is 194 Å². The number of rotatable bonds is 8. The van der Waals surface area contributed by atoms with E-state index in [2.05, 4.69) is 15.6 Å². The number of unbranched alkanes of at least 4 members (excludes halogenated alkanes) is 1. The van der Waals surface area contributed by atoms with Gasteiger partial charge in [0.05, 0.1) is 36.6 Å². The minimum absolute atomic E-state index is 0.100. The third-order valence-electron chi connectivity index (χ3n) is 4.45. The predicted molar refractivity (Wildman–Crippen MR) is 128 cm³/mol. The fourth-order valence-corrected chi connectivity index (χ4v) is 3.94. The van der Waals surface area contributed by atoms with E-state index in [1.54, 1.807) is 36.4 Å². The van der Waals surface area contributed by atoms with Gasteiger partial charge in [0, 0.05) is 5.56 Å². The average molecular weight is 474 g/mol. The number of nitrogens with zero attached hydrogens (tertiary/aromatic N) is 1. The molecule has 1 aromatic heterocycles. The number of benzene rings is 2. The highest BCUT2D eigenvalue weighted by Gasteiger charge is 2.14. The minimum atomic E-state index is -0.401. The van der Waals surface area contributed by atoms with Crippen molar-refractivity contribution in [1.29, 1.82) is 0 Å². The van der Waals surface area contributed by atoms with E-state index < -0.39 is 5.91 Å². The smallest absolute Gasteiger partial charge is 0.338 e. The summed E-state index contributed by atoms with van der Waals surface area (Å²) in [6.07, 6.45) is 1.79. The molecule has 168 valence electrons. The van der Waals surface area contributed by atoms with Gasteiger partial charge < -0.3 is 19.5 Å². The van der Waals surface area contributed by atoms with E-state index in [9.17, 15) is 9.59 Å². The van der Waals surface area contributed by atoms with Crippen LogP contribution in [-0.4, -0.2) is 42.8 Å². The molecule has 0 spiro atoms. The summed E-state index contributed by atoms with van der Waals surface area (Å²) >= 11 is 6.56. The first kappa shape index (κ1) is 23.4. The molecule has 1 amide bonds. The third kappa shape index (κ3) is 5.71. The number of anilines is 1. The molecule has 0 radical (unpaired) electrons. The number of carbonyl (C=O) groups excluding carboxylic acids is 2. The molecule has 2 aromatic carbocycles. The van der Waals surface area contributed by atoms with Crippen molar-refractivity contribution in [3.05, 3.63) is 47.5 Å². The average Bonchev–Trinajstić information content (AvgIpc) is 3.19. The molecule has 0 unspecified atom stereocenters. The predicted octanol–water partition coefficient (Wildman–Crippen LogP) is 4.40. The van der Waals surface area contributed by atoms with Crippen LogP contribution >= 0.6 is 23.6 Å². The zero-order valence-electron chi connectivity index (χ0n) is 17.9. The number of aromatic nitrogens is 1. The van der Waals surface area contributed by atoms with Crippen molar-refractivity contribution in [2.24, 2.45) is 0 Å². The van der Waals surface area contributed by atoms with Crippen molar-refractivity contribution in [2.75, 3.05) is 26.1 Å². The van der Waals surface area contributed by atoms with Gasteiger partial charge in [0.25, 0.3) is 5.91 Å². The van der Waals surface area contributed by atoms with Gasteiger partial charge in [-0.15, -0.1) is 0 Å². The number of methoxy groups -OCH3 is 2. The van der Waals surface area contributed by atoms with Crippen LogP contribution in [0.5, 0.6) is 11.5 Å². The number of hydrogen-bond acceptors (Lipinski definition) is 8. The molecule has 0 aliphatic rings. The van der Waals surface area contributed by atoms with Crippen LogP contribution in [0.15, 0.2) is 36.4 Å². The molecular formula is C22H23N3O5S2. The topological polar surface area (TPSA) is 98.8 Å². The van der Waals surface area contributed by atoms with E-state index in [1.807, 2.05) is 6.92 Å². The van der Waals surface area contributed by atoms with Gasteiger partial charge in [0.15, 0.2) is 21.7 Å². The quantitative estimate of drug-likeness (QED) is 0.282. The fourth-order valence-electron chi connectivity index (χ4n) is 2.78. The second-order valence-electron chi connectivity index (χ2n) is 6.67. The lowest BCUT2D eigenvalue weighted by atomic mass is 10.2. The number of nitrogens with one attached hydrogen (secondary N) is 2. The lowest BCUT2D eigenvalue weighted by molar-refractivity contribution is 0.0500. The Morgan fingerprint density at radius 2 is 1.81 bits per heavy atom. The van der Waals surface area contributed by atoms with E-state index in [-0.39, 0.29) is 11.1 Å². The molecule has 3 rings (SSSR count). The van der Waals surface area contributed by atoms with Crippen LogP contribution in [0, 0.1) is 0 Å². The number of thiazole rings is 1. The van der Waals surface area contributed by atoms with E-state index in [4.69, 9.17) is 26.4 Å². The van der Waals surface area contributed by atoms with Crippen LogP contribution < -0.4 is 20.1 Å². The molecule has 2 N–H and O–H groups in total. The second kappa shape index (κ2) is 10.9. The zero-order chi connectivity index (χ0) is 23.1. The Morgan fingerprint density at radius 3 is 2.53 bits per heavy atom. The number of esters is 1.